The van der Waals surface area contributed by atoms with Gasteiger partial charge in [0.25, 0.3) is 0 Å². The van der Waals surface area contributed by atoms with Gasteiger partial charge >= 0.3 is 12.1 Å². The van der Waals surface area contributed by atoms with Crippen LogP contribution in [0.4, 0.5) is 13.2 Å². The van der Waals surface area contributed by atoms with Crippen LogP contribution in [-0.2, 0) is 21.4 Å². The maximum atomic E-state index is 13.6. The summed E-state index contributed by atoms with van der Waals surface area (Å²) in [5.41, 5.74) is 1.22. The normalized spacial score (nSPS) is 23.8. The van der Waals surface area contributed by atoms with Gasteiger partial charge in [0.1, 0.15) is 16.7 Å². The van der Waals surface area contributed by atoms with E-state index in [9.17, 15) is 21.6 Å². The number of para-hydroxylation sites is 1. The van der Waals surface area contributed by atoms with Gasteiger partial charge in [-0.2, -0.15) is 17.5 Å². The predicted molar refractivity (Wildman–Crippen MR) is 131 cm³/mol. The van der Waals surface area contributed by atoms with Gasteiger partial charge in [0.15, 0.2) is 0 Å². The second-order valence-electron chi connectivity index (χ2n) is 9.47. The van der Waals surface area contributed by atoms with Gasteiger partial charge in [0.2, 0.25) is 10.0 Å². The third kappa shape index (κ3) is 6.95. The number of ether oxygens (including phenoxy) is 1. The van der Waals surface area contributed by atoms with E-state index >= 15 is 0 Å². The Bertz CT molecular complexity index is 1210. The van der Waals surface area contributed by atoms with Crippen molar-refractivity contribution in [2.45, 2.75) is 55.4 Å². The van der Waals surface area contributed by atoms with Crippen LogP contribution in [0, 0.1) is 5.92 Å². The fraction of sp³-hybridized carbons (Fsp3) is 0.480. The Labute approximate surface area is 218 Å². The molecule has 12 heteroatoms. The molecule has 0 spiro atoms. The monoisotopic (exact) mass is 560 g/mol. The molecule has 0 unspecified atom stereocenters. The fourth-order valence-corrected chi connectivity index (χ4v) is 6.61. The van der Waals surface area contributed by atoms with E-state index in [1.165, 1.54) is 5.56 Å². The molecule has 1 N–H and O–H groups in total. The zero-order chi connectivity index (χ0) is 26.8. The zero-order valence-electron chi connectivity index (χ0n) is 19.9. The van der Waals surface area contributed by atoms with Gasteiger partial charge in [0, 0.05) is 31.2 Å². The third-order valence-electron chi connectivity index (χ3n) is 6.68. The quantitative estimate of drug-likeness (QED) is 0.578. The fourth-order valence-electron chi connectivity index (χ4n) is 4.60. The Morgan fingerprint density at radius 3 is 2.27 bits per heavy atom. The average Bonchev–Trinajstić information content (AvgIpc) is 3.68. The number of sulfonamides is 1. The van der Waals surface area contributed by atoms with Gasteiger partial charge in [-0.25, -0.2) is 13.2 Å². The van der Waals surface area contributed by atoms with Gasteiger partial charge < -0.3 is 9.84 Å². The molecule has 0 aromatic heterocycles. The molecule has 37 heavy (non-hydrogen) atoms. The highest BCUT2D eigenvalue weighted by molar-refractivity contribution is 7.89. The van der Waals surface area contributed by atoms with Crippen LogP contribution in [-0.4, -0.2) is 66.7 Å². The summed E-state index contributed by atoms with van der Waals surface area (Å²) in [5, 5.41) is 7.87. The lowest BCUT2D eigenvalue weighted by atomic mass is 10.1. The van der Waals surface area contributed by atoms with Gasteiger partial charge in [0.05, 0.1) is 6.04 Å². The van der Waals surface area contributed by atoms with Crippen LogP contribution >= 0.6 is 11.6 Å². The van der Waals surface area contributed by atoms with Gasteiger partial charge in [-0.15, -0.1) is 0 Å². The number of carboxylic acid groups (broad SMARTS) is 1. The van der Waals surface area contributed by atoms with Gasteiger partial charge in [-0.1, -0.05) is 35.9 Å². The van der Waals surface area contributed by atoms with E-state index in [1.54, 1.807) is 22.5 Å². The number of nitrogens with zero attached hydrogens (tertiary/aromatic N) is 2. The standard InChI is InChI=1S/C23H27ClN2O3S.C2HF3O2/c24-19-9-7-17(8-10-19)15-25-13-11-20-21(12-14-25)29-22-3-1-2-4-23(22)30(27,28)26(20)16-18-5-6-18;3-2(4,5)1(6)7/h1-4,7-10,18,20-21H,5-6,11-16H2;(H,6,7)/t20-,21-;/m0./s1. The number of aliphatic carboxylic acids is 1. The van der Waals surface area contributed by atoms with Crippen molar-refractivity contribution in [3.8, 4) is 5.75 Å². The number of hydrogen-bond donors (Lipinski definition) is 1. The SMILES string of the molecule is O=C(O)C(F)(F)F.O=S1(=O)c2ccccc2O[C@H]2CCN(Cc3ccc(Cl)cc3)CC[C@@H]2N1CC1CC1. The minimum atomic E-state index is -5.08. The summed E-state index contributed by atoms with van der Waals surface area (Å²) in [4.78, 5) is 11.6. The van der Waals surface area contributed by atoms with Crippen LogP contribution in [0.15, 0.2) is 53.4 Å². The Balaban J connectivity index is 0.000000405. The topological polar surface area (TPSA) is 87.1 Å². The molecule has 2 aliphatic heterocycles. The number of halogens is 4. The van der Waals surface area contributed by atoms with Crippen molar-refractivity contribution >= 4 is 27.6 Å². The second-order valence-corrected chi connectivity index (χ2v) is 11.8. The first-order chi connectivity index (χ1) is 17.4. The first-order valence-corrected chi connectivity index (χ1v) is 13.8. The van der Waals surface area contributed by atoms with E-state index in [4.69, 9.17) is 26.2 Å². The lowest BCUT2D eigenvalue weighted by Crippen LogP contribution is -2.48. The Kier molecular flexibility index (Phi) is 8.37. The highest BCUT2D eigenvalue weighted by Gasteiger charge is 2.45. The molecule has 0 bridgehead atoms. The Morgan fingerprint density at radius 2 is 1.65 bits per heavy atom. The van der Waals surface area contributed by atoms with Crippen LogP contribution in [0.1, 0.15) is 31.2 Å². The molecular formula is C25H28ClF3N2O5S. The van der Waals surface area contributed by atoms with E-state index < -0.39 is 22.2 Å². The predicted octanol–water partition coefficient (Wildman–Crippen LogP) is 4.80. The molecule has 0 radical (unpaired) electrons. The van der Waals surface area contributed by atoms with Crippen molar-refractivity contribution < 1.29 is 36.2 Å². The Hall–Kier alpha value is -2.34. The molecule has 2 fully saturated rings. The number of benzene rings is 2. The molecule has 2 heterocycles. The molecule has 5 rings (SSSR count). The maximum absolute atomic E-state index is 13.6. The van der Waals surface area contributed by atoms with Crippen molar-refractivity contribution in [1.29, 1.82) is 0 Å². The molecule has 7 nitrogen and oxygen atoms in total. The van der Waals surface area contributed by atoms with Crippen LogP contribution in [0.3, 0.4) is 0 Å². The van der Waals surface area contributed by atoms with E-state index in [0.717, 1.165) is 50.3 Å². The molecule has 1 saturated carbocycles. The molecule has 202 valence electrons. The van der Waals surface area contributed by atoms with Gasteiger partial charge in [-0.05, 0) is 61.4 Å². The van der Waals surface area contributed by atoms with Crippen LogP contribution in [0.2, 0.25) is 5.02 Å². The summed E-state index contributed by atoms with van der Waals surface area (Å²) >= 11 is 6.02. The van der Waals surface area contributed by atoms with Crippen LogP contribution < -0.4 is 4.74 Å². The molecule has 1 aliphatic carbocycles. The Morgan fingerprint density at radius 1 is 1.03 bits per heavy atom. The van der Waals surface area contributed by atoms with Crippen molar-refractivity contribution in [1.82, 2.24) is 9.21 Å². The number of rotatable bonds is 4. The lowest BCUT2D eigenvalue weighted by molar-refractivity contribution is -0.192. The minimum absolute atomic E-state index is 0.127. The number of carboxylic acids is 1. The highest BCUT2D eigenvalue weighted by atomic mass is 35.5. The molecule has 0 amide bonds. The molecule has 3 aliphatic rings. The molecule has 2 atom stereocenters. The van der Waals surface area contributed by atoms with Gasteiger partial charge in [-0.3, -0.25) is 4.90 Å². The summed E-state index contributed by atoms with van der Waals surface area (Å²) in [6.45, 7) is 3.17. The minimum Gasteiger partial charge on any atom is -0.487 e. The van der Waals surface area contributed by atoms with Crippen molar-refractivity contribution in [3.05, 3.63) is 59.1 Å². The average molecular weight is 561 g/mol. The molecular weight excluding hydrogens is 533 g/mol. The summed E-state index contributed by atoms with van der Waals surface area (Å²) in [5.74, 6) is -1.77. The maximum Gasteiger partial charge on any atom is 0.490 e. The summed E-state index contributed by atoms with van der Waals surface area (Å²) < 4.78 is 67.0. The molecule has 2 aromatic carbocycles. The van der Waals surface area contributed by atoms with Crippen molar-refractivity contribution in [2.75, 3.05) is 19.6 Å². The van der Waals surface area contributed by atoms with E-state index in [-0.39, 0.29) is 12.1 Å². The van der Waals surface area contributed by atoms with Crippen molar-refractivity contribution in [2.24, 2.45) is 5.92 Å². The third-order valence-corrected chi connectivity index (χ3v) is 8.86. The lowest BCUT2D eigenvalue weighted by Gasteiger charge is -2.31. The van der Waals surface area contributed by atoms with E-state index in [1.807, 2.05) is 18.2 Å². The summed E-state index contributed by atoms with van der Waals surface area (Å²) in [6, 6.07) is 14.9. The smallest absolute Gasteiger partial charge is 0.487 e. The van der Waals surface area contributed by atoms with Crippen LogP contribution in [0.25, 0.3) is 0 Å². The summed E-state index contributed by atoms with van der Waals surface area (Å²) in [6.07, 6.45) is -1.39. The number of alkyl halides is 3. The first kappa shape index (κ1) is 27.7. The van der Waals surface area contributed by atoms with Crippen LogP contribution in [0.5, 0.6) is 5.75 Å². The zero-order valence-corrected chi connectivity index (χ0v) is 21.5. The number of likely N-dealkylation sites (tertiary alicyclic amines) is 1. The van der Waals surface area contributed by atoms with E-state index in [0.29, 0.717) is 23.1 Å². The van der Waals surface area contributed by atoms with Crippen molar-refractivity contribution in [3.63, 3.8) is 0 Å². The second kappa shape index (κ2) is 11.2. The number of hydrogen-bond acceptors (Lipinski definition) is 5. The molecule has 2 aromatic rings. The first-order valence-electron chi connectivity index (χ1n) is 12.0. The van der Waals surface area contributed by atoms with E-state index in [2.05, 4.69) is 17.0 Å². The number of fused-ring (bicyclic) bond motifs is 2. The largest absolute Gasteiger partial charge is 0.490 e. The number of carbonyl (C=O) groups is 1. The molecule has 1 saturated heterocycles. The summed E-state index contributed by atoms with van der Waals surface area (Å²) in [7, 11) is -3.57. The highest BCUT2D eigenvalue weighted by Crippen LogP contribution is 2.40.